The molecule has 63 heavy (non-hydrogen) atoms. The van der Waals surface area contributed by atoms with Gasteiger partial charge in [-0.15, -0.1) is 0 Å². The SMILES string of the molecule is CCCC1COC(c2cc(F)c(C(F)(F)Br)c(F)c2)OC1.CCCC1COC(c2cc(F)c(C(F)(F)Oc3cc(F)c(F)c(F)c3C)c(F)c2)OC1.Cc1c(O)cc(F)c(F)c1F. The standard InChI is InChI=1S/C21H19F7O3.C14H15BrF4O2.C7H5F3O/c1-3-4-11-8-29-20(30-9-11)12-5-13(22)17(14(23)6-12)21(27,28)31-16-7-15(24)19(26)18(25)10(16)2;1-2-3-8-6-20-13(21-7-8)9-4-10(16)12(11(17)5-9)14(15,18)19;1-3-5(11)2-4(8)7(10)6(3)9/h5-7,11,20H,3-4,8-9H2,1-2H3;4-5,8,13H,2-3,6-7H2,1H3;2,11H,1H3. The summed E-state index contributed by atoms with van der Waals surface area (Å²) in [5.74, 6) is -17.1. The zero-order chi connectivity index (χ0) is 47.1. The van der Waals surface area contributed by atoms with Crippen LogP contribution in [0.25, 0.3) is 0 Å². The third-order valence-electron chi connectivity index (χ3n) is 9.55. The third kappa shape index (κ3) is 12.8. The highest BCUT2D eigenvalue weighted by Gasteiger charge is 2.43. The fourth-order valence-electron chi connectivity index (χ4n) is 6.26. The first-order chi connectivity index (χ1) is 29.4. The minimum atomic E-state index is -4.66. The van der Waals surface area contributed by atoms with Gasteiger partial charge in [-0.05, 0) is 66.9 Å². The van der Waals surface area contributed by atoms with Crippen LogP contribution in [0.4, 0.5) is 61.5 Å². The van der Waals surface area contributed by atoms with E-state index in [0.717, 1.165) is 51.7 Å². The first-order valence-corrected chi connectivity index (χ1v) is 19.8. The molecule has 0 unspecified atom stereocenters. The molecular weight excluding hydrogens is 946 g/mol. The number of alkyl halides is 5. The number of hydrogen-bond acceptors (Lipinski definition) is 6. The molecule has 2 saturated heterocycles. The van der Waals surface area contributed by atoms with Crippen LogP contribution in [0, 0.1) is 83.9 Å². The molecule has 2 fully saturated rings. The van der Waals surface area contributed by atoms with Gasteiger partial charge in [-0.25, -0.2) is 43.9 Å². The predicted molar refractivity (Wildman–Crippen MR) is 200 cm³/mol. The van der Waals surface area contributed by atoms with Crippen molar-refractivity contribution >= 4 is 15.9 Å². The summed E-state index contributed by atoms with van der Waals surface area (Å²) < 4.78 is 215. The van der Waals surface area contributed by atoms with Crippen LogP contribution >= 0.6 is 15.9 Å². The van der Waals surface area contributed by atoms with Gasteiger partial charge in [0.1, 0.15) is 45.9 Å². The zero-order valence-corrected chi connectivity index (χ0v) is 35.2. The van der Waals surface area contributed by atoms with Crippen LogP contribution in [0.3, 0.4) is 0 Å². The minimum absolute atomic E-state index is 0.0560. The monoisotopic (exact) mass is 984 g/mol. The van der Waals surface area contributed by atoms with E-state index in [9.17, 15) is 61.5 Å². The van der Waals surface area contributed by atoms with E-state index in [1.165, 1.54) is 0 Å². The molecule has 0 spiro atoms. The molecule has 348 valence electrons. The highest BCUT2D eigenvalue weighted by molar-refractivity contribution is 9.09. The Balaban J connectivity index is 0.000000233. The van der Waals surface area contributed by atoms with E-state index in [4.69, 9.17) is 24.1 Å². The van der Waals surface area contributed by atoms with Gasteiger partial charge in [0.2, 0.25) is 0 Å². The van der Waals surface area contributed by atoms with Crippen LogP contribution in [-0.4, -0.2) is 31.5 Å². The lowest BCUT2D eigenvalue weighted by Crippen LogP contribution is -2.28. The summed E-state index contributed by atoms with van der Waals surface area (Å²) in [5.41, 5.74) is -4.27. The number of hydrogen-bond donors (Lipinski definition) is 1. The van der Waals surface area contributed by atoms with Crippen molar-refractivity contribution in [3.8, 4) is 11.5 Å². The second-order valence-electron chi connectivity index (χ2n) is 14.4. The lowest BCUT2D eigenvalue weighted by atomic mass is 10.0. The molecule has 0 radical (unpaired) electrons. The van der Waals surface area contributed by atoms with Gasteiger partial charge in [0, 0.05) is 46.2 Å². The Morgan fingerprint density at radius 2 is 0.921 bits per heavy atom. The van der Waals surface area contributed by atoms with Crippen LogP contribution in [0.5, 0.6) is 11.5 Å². The molecule has 2 heterocycles. The molecule has 6 rings (SSSR count). The van der Waals surface area contributed by atoms with Crippen molar-refractivity contribution in [3.63, 3.8) is 0 Å². The Morgan fingerprint density at radius 3 is 1.30 bits per heavy atom. The minimum Gasteiger partial charge on any atom is -0.507 e. The zero-order valence-electron chi connectivity index (χ0n) is 33.6. The van der Waals surface area contributed by atoms with E-state index in [1.54, 1.807) is 0 Å². The lowest BCUT2D eigenvalue weighted by Gasteiger charge is -2.30. The highest BCUT2D eigenvalue weighted by atomic mass is 79.9. The normalized spacial score (nSPS) is 19.2. The van der Waals surface area contributed by atoms with Crippen molar-refractivity contribution in [2.75, 3.05) is 26.4 Å². The Morgan fingerprint density at radius 1 is 0.556 bits per heavy atom. The van der Waals surface area contributed by atoms with E-state index >= 15 is 0 Å². The summed E-state index contributed by atoms with van der Waals surface area (Å²) in [6, 6.07) is 3.56. The number of rotatable bonds is 10. The van der Waals surface area contributed by atoms with Crippen LogP contribution in [0.2, 0.25) is 0 Å². The summed E-state index contributed by atoms with van der Waals surface area (Å²) >= 11 is 1.96. The largest absolute Gasteiger partial charge is 0.507 e. The maximum absolute atomic E-state index is 14.5. The van der Waals surface area contributed by atoms with E-state index < -0.39 is 110 Å². The van der Waals surface area contributed by atoms with Gasteiger partial charge in [0.05, 0.1) is 26.4 Å². The van der Waals surface area contributed by atoms with Gasteiger partial charge in [-0.2, -0.15) is 17.6 Å². The maximum atomic E-state index is 14.5. The molecule has 0 amide bonds. The smallest absolute Gasteiger partial charge is 0.432 e. The Labute approximate surface area is 360 Å². The highest BCUT2D eigenvalue weighted by Crippen LogP contribution is 2.41. The molecule has 4 aromatic carbocycles. The van der Waals surface area contributed by atoms with Gasteiger partial charge in [0.15, 0.2) is 47.5 Å². The molecule has 1 N–H and O–H groups in total. The quantitative estimate of drug-likeness (QED) is 0.0970. The summed E-state index contributed by atoms with van der Waals surface area (Å²) in [5, 5.41) is 8.76. The van der Waals surface area contributed by atoms with Gasteiger partial charge < -0.3 is 28.8 Å². The third-order valence-corrected chi connectivity index (χ3v) is 9.95. The summed E-state index contributed by atoms with van der Waals surface area (Å²) in [6.45, 7) is 7.42. The van der Waals surface area contributed by atoms with Gasteiger partial charge in [0.25, 0.3) is 0 Å². The Bertz CT molecular complexity index is 2140. The lowest BCUT2D eigenvalue weighted by molar-refractivity contribution is -0.206. The van der Waals surface area contributed by atoms with Crippen molar-refractivity contribution in [1.29, 1.82) is 0 Å². The fraction of sp³-hybridized carbons (Fsp3) is 0.429. The average molecular weight is 986 g/mol. The number of benzene rings is 4. The number of phenolic OH excluding ortho intramolecular Hbond substituents is 1. The number of ether oxygens (including phenoxy) is 5. The summed E-state index contributed by atoms with van der Waals surface area (Å²) in [6.07, 6.45) is -3.07. The van der Waals surface area contributed by atoms with Crippen LogP contribution < -0.4 is 4.74 Å². The molecule has 0 bridgehead atoms. The van der Waals surface area contributed by atoms with Crippen molar-refractivity contribution in [2.45, 2.75) is 76.9 Å². The van der Waals surface area contributed by atoms with Crippen LogP contribution in [0.15, 0.2) is 36.4 Å². The topological polar surface area (TPSA) is 66.4 Å². The first kappa shape index (κ1) is 51.5. The van der Waals surface area contributed by atoms with E-state index in [1.807, 2.05) is 29.8 Å². The first-order valence-electron chi connectivity index (χ1n) is 19.0. The van der Waals surface area contributed by atoms with Crippen LogP contribution in [-0.2, 0) is 29.9 Å². The summed E-state index contributed by atoms with van der Waals surface area (Å²) in [4.78, 5) is -3.76. The van der Waals surface area contributed by atoms with E-state index in [2.05, 4.69) is 4.74 Å². The average Bonchev–Trinajstić information content (AvgIpc) is 3.20. The van der Waals surface area contributed by atoms with E-state index in [0.29, 0.717) is 31.4 Å². The number of aromatic hydroxyl groups is 1. The molecular formula is C42H39BrF14O6. The Kier molecular flexibility index (Phi) is 17.7. The Hall–Kier alpha value is -4.18. The number of halogens is 15. The van der Waals surface area contributed by atoms with Gasteiger partial charge >= 0.3 is 10.9 Å². The molecule has 0 aromatic heterocycles. The van der Waals surface area contributed by atoms with Crippen LogP contribution in [0.1, 0.15) is 85.5 Å². The van der Waals surface area contributed by atoms with Crippen molar-refractivity contribution in [1.82, 2.24) is 0 Å². The second kappa shape index (κ2) is 21.7. The second-order valence-corrected chi connectivity index (χ2v) is 15.4. The fourth-order valence-corrected chi connectivity index (χ4v) is 6.64. The number of phenols is 1. The molecule has 2 aliphatic rings. The molecule has 4 aromatic rings. The summed E-state index contributed by atoms with van der Waals surface area (Å²) in [7, 11) is 0. The van der Waals surface area contributed by atoms with Crippen molar-refractivity contribution in [3.05, 3.63) is 128 Å². The predicted octanol–water partition coefficient (Wildman–Crippen LogP) is 13.3. The maximum Gasteiger partial charge on any atom is 0.432 e. The molecule has 21 heteroatoms. The molecule has 0 saturated carbocycles. The van der Waals surface area contributed by atoms with Gasteiger partial charge in [-0.1, -0.05) is 26.7 Å². The van der Waals surface area contributed by atoms with Crippen molar-refractivity contribution < 1.29 is 90.3 Å². The molecule has 6 nitrogen and oxygen atoms in total. The molecule has 0 aliphatic carbocycles. The molecule has 2 aliphatic heterocycles. The molecule has 0 atom stereocenters. The van der Waals surface area contributed by atoms with Crippen molar-refractivity contribution in [2.24, 2.45) is 11.8 Å². The van der Waals surface area contributed by atoms with Gasteiger partial charge in [-0.3, -0.25) is 0 Å². The van der Waals surface area contributed by atoms with E-state index in [-0.39, 0.29) is 47.8 Å².